The second-order valence-corrected chi connectivity index (χ2v) is 7.51. The number of anilines is 1. The van der Waals surface area contributed by atoms with Crippen molar-refractivity contribution in [2.75, 3.05) is 31.1 Å². The smallest absolute Gasteiger partial charge is 0.369 e. The van der Waals surface area contributed by atoms with Crippen LogP contribution in [0.4, 0.5) is 24.5 Å². The van der Waals surface area contributed by atoms with Crippen LogP contribution in [0.1, 0.15) is 24.4 Å². The van der Waals surface area contributed by atoms with Gasteiger partial charge in [0.05, 0.1) is 16.5 Å². The van der Waals surface area contributed by atoms with Crippen LogP contribution in [0.2, 0.25) is 0 Å². The predicted octanol–water partition coefficient (Wildman–Crippen LogP) is 4.55. The third-order valence-electron chi connectivity index (χ3n) is 5.53. The van der Waals surface area contributed by atoms with Gasteiger partial charge in [0, 0.05) is 49.6 Å². The number of non-ortho nitro benzene ring substituents is 1. The molecular weight excluding hydrogens is 427 g/mol. The fourth-order valence-electron chi connectivity index (χ4n) is 3.67. The molecular formula is C21H20F3N5O3. The number of nitro benzene ring substituents is 1. The molecule has 1 atom stereocenters. The minimum atomic E-state index is -4.45. The normalized spacial score (nSPS) is 16.2. The topological polar surface area (TPSA) is 88.5 Å². The van der Waals surface area contributed by atoms with Gasteiger partial charge in [-0.15, -0.1) is 0 Å². The Balaban J connectivity index is 1.40. The number of rotatable bonds is 5. The van der Waals surface area contributed by atoms with E-state index < -0.39 is 16.7 Å². The first-order valence-electron chi connectivity index (χ1n) is 9.97. The second-order valence-electron chi connectivity index (χ2n) is 7.51. The summed E-state index contributed by atoms with van der Waals surface area (Å²) < 4.78 is 44.2. The average molecular weight is 447 g/mol. The molecule has 0 radical (unpaired) electrons. The summed E-state index contributed by atoms with van der Waals surface area (Å²) in [4.78, 5) is 19.0. The molecule has 168 valence electrons. The van der Waals surface area contributed by atoms with Crippen LogP contribution in [0.5, 0.6) is 0 Å². The van der Waals surface area contributed by atoms with Crippen LogP contribution in [-0.4, -0.2) is 46.1 Å². The van der Waals surface area contributed by atoms with E-state index in [-0.39, 0.29) is 23.1 Å². The van der Waals surface area contributed by atoms with Gasteiger partial charge in [-0.05, 0) is 31.2 Å². The van der Waals surface area contributed by atoms with Crippen molar-refractivity contribution in [1.29, 1.82) is 0 Å². The van der Waals surface area contributed by atoms with E-state index in [0.29, 0.717) is 32.1 Å². The minimum absolute atomic E-state index is 0.0500. The van der Waals surface area contributed by atoms with E-state index >= 15 is 0 Å². The van der Waals surface area contributed by atoms with Crippen LogP contribution >= 0.6 is 0 Å². The lowest BCUT2D eigenvalue weighted by molar-refractivity contribution is -0.384. The first kappa shape index (κ1) is 21.8. The Morgan fingerprint density at radius 3 is 2.41 bits per heavy atom. The summed E-state index contributed by atoms with van der Waals surface area (Å²) in [6.07, 6.45) is -4.45. The Hall–Kier alpha value is -3.47. The summed E-state index contributed by atoms with van der Waals surface area (Å²) in [6, 6.07) is 11.1. The molecule has 1 aliphatic rings. The molecule has 8 nitrogen and oxygen atoms in total. The number of nitro groups is 1. The highest BCUT2D eigenvalue weighted by Crippen LogP contribution is 2.32. The molecule has 4 rings (SSSR count). The maximum atomic E-state index is 13.0. The highest BCUT2D eigenvalue weighted by atomic mass is 19.4. The molecule has 0 bridgehead atoms. The standard InChI is InChI=1S/C21H20F3N5O3/c1-14(20-25-19(26-32-20)15-3-2-4-16(13-15)21(22,23)24)27-9-11-28(12-10-27)17-5-7-18(8-6-17)29(30)31/h2-8,13-14H,9-12H2,1H3. The Morgan fingerprint density at radius 1 is 1.09 bits per heavy atom. The zero-order chi connectivity index (χ0) is 22.9. The van der Waals surface area contributed by atoms with E-state index in [1.54, 1.807) is 12.1 Å². The third-order valence-corrected chi connectivity index (χ3v) is 5.53. The van der Waals surface area contributed by atoms with E-state index in [1.165, 1.54) is 24.3 Å². The lowest BCUT2D eigenvalue weighted by Crippen LogP contribution is -2.47. The summed E-state index contributed by atoms with van der Waals surface area (Å²) in [5.74, 6) is 0.448. The number of halogens is 3. The van der Waals surface area contributed by atoms with Crippen LogP contribution in [0.3, 0.4) is 0 Å². The zero-order valence-corrected chi connectivity index (χ0v) is 17.1. The first-order valence-corrected chi connectivity index (χ1v) is 9.97. The molecule has 0 saturated carbocycles. The van der Waals surface area contributed by atoms with Gasteiger partial charge < -0.3 is 9.42 Å². The van der Waals surface area contributed by atoms with Gasteiger partial charge in [0.15, 0.2) is 0 Å². The average Bonchev–Trinajstić information content (AvgIpc) is 3.29. The van der Waals surface area contributed by atoms with Gasteiger partial charge in [0.1, 0.15) is 0 Å². The number of alkyl halides is 3. The van der Waals surface area contributed by atoms with Gasteiger partial charge in [-0.1, -0.05) is 17.3 Å². The molecule has 0 N–H and O–H groups in total. The maximum Gasteiger partial charge on any atom is 0.416 e. The largest absolute Gasteiger partial charge is 0.416 e. The van der Waals surface area contributed by atoms with Crippen LogP contribution in [0.15, 0.2) is 53.1 Å². The molecule has 0 amide bonds. The summed E-state index contributed by atoms with van der Waals surface area (Å²) in [5, 5.41) is 14.7. The quantitative estimate of drug-likeness (QED) is 0.419. The Bertz CT molecular complexity index is 1090. The maximum absolute atomic E-state index is 13.0. The number of piperazine rings is 1. The summed E-state index contributed by atoms with van der Waals surface area (Å²) in [6.45, 7) is 4.71. The van der Waals surface area contributed by atoms with Crippen molar-refractivity contribution >= 4 is 11.4 Å². The van der Waals surface area contributed by atoms with Crippen molar-refractivity contribution in [3.05, 3.63) is 70.1 Å². The lowest BCUT2D eigenvalue weighted by atomic mass is 10.1. The molecule has 11 heteroatoms. The molecule has 1 fully saturated rings. The number of nitrogens with zero attached hydrogens (tertiary/aromatic N) is 5. The van der Waals surface area contributed by atoms with Crippen molar-refractivity contribution in [3.63, 3.8) is 0 Å². The molecule has 1 aliphatic heterocycles. The van der Waals surface area contributed by atoms with E-state index in [9.17, 15) is 23.3 Å². The summed E-state index contributed by atoms with van der Waals surface area (Å²) >= 11 is 0. The third kappa shape index (κ3) is 4.57. The van der Waals surface area contributed by atoms with Gasteiger partial charge in [-0.3, -0.25) is 15.0 Å². The fourth-order valence-corrected chi connectivity index (χ4v) is 3.67. The zero-order valence-electron chi connectivity index (χ0n) is 17.1. The van der Waals surface area contributed by atoms with E-state index in [0.717, 1.165) is 17.8 Å². The monoisotopic (exact) mass is 447 g/mol. The van der Waals surface area contributed by atoms with Gasteiger partial charge in [0.2, 0.25) is 11.7 Å². The van der Waals surface area contributed by atoms with Crippen LogP contribution < -0.4 is 4.90 Å². The molecule has 0 spiro atoms. The van der Waals surface area contributed by atoms with Crippen LogP contribution in [0, 0.1) is 10.1 Å². The van der Waals surface area contributed by atoms with Crippen molar-refractivity contribution in [1.82, 2.24) is 15.0 Å². The molecule has 1 aromatic heterocycles. The SMILES string of the molecule is CC(c1nc(-c2cccc(C(F)(F)F)c2)no1)N1CCN(c2ccc([N+](=O)[O-])cc2)CC1. The van der Waals surface area contributed by atoms with Crippen molar-refractivity contribution in [3.8, 4) is 11.4 Å². The minimum Gasteiger partial charge on any atom is -0.369 e. The van der Waals surface area contributed by atoms with E-state index in [4.69, 9.17) is 4.52 Å². The van der Waals surface area contributed by atoms with Crippen molar-refractivity contribution in [2.45, 2.75) is 19.1 Å². The second kappa shape index (κ2) is 8.58. The lowest BCUT2D eigenvalue weighted by Gasteiger charge is -2.38. The summed E-state index contributed by atoms with van der Waals surface area (Å²) in [5.41, 5.74) is 0.434. The molecule has 2 heterocycles. The molecule has 0 aliphatic carbocycles. The van der Waals surface area contributed by atoms with Crippen LogP contribution in [-0.2, 0) is 6.18 Å². The first-order chi connectivity index (χ1) is 15.2. The number of aromatic nitrogens is 2. The molecule has 1 saturated heterocycles. The number of hydrogen-bond donors (Lipinski definition) is 0. The van der Waals surface area contributed by atoms with E-state index in [1.807, 2.05) is 6.92 Å². The van der Waals surface area contributed by atoms with Gasteiger partial charge in [0.25, 0.3) is 5.69 Å². The fraction of sp³-hybridized carbons (Fsp3) is 0.333. The summed E-state index contributed by atoms with van der Waals surface area (Å²) in [7, 11) is 0. The Morgan fingerprint density at radius 2 is 1.78 bits per heavy atom. The predicted molar refractivity (Wildman–Crippen MR) is 110 cm³/mol. The van der Waals surface area contributed by atoms with Crippen molar-refractivity contribution < 1.29 is 22.6 Å². The molecule has 32 heavy (non-hydrogen) atoms. The van der Waals surface area contributed by atoms with Gasteiger partial charge in [-0.2, -0.15) is 18.2 Å². The van der Waals surface area contributed by atoms with Gasteiger partial charge in [-0.25, -0.2) is 0 Å². The molecule has 1 unspecified atom stereocenters. The Labute approximate surface area is 181 Å². The number of hydrogen-bond acceptors (Lipinski definition) is 7. The Kier molecular flexibility index (Phi) is 5.83. The molecule has 3 aromatic rings. The van der Waals surface area contributed by atoms with E-state index in [2.05, 4.69) is 19.9 Å². The van der Waals surface area contributed by atoms with Crippen LogP contribution in [0.25, 0.3) is 11.4 Å². The number of benzene rings is 2. The van der Waals surface area contributed by atoms with Gasteiger partial charge >= 0.3 is 6.18 Å². The van der Waals surface area contributed by atoms with Crippen molar-refractivity contribution in [2.24, 2.45) is 0 Å². The molecule has 2 aromatic carbocycles. The highest BCUT2D eigenvalue weighted by molar-refractivity contribution is 5.56. The highest BCUT2D eigenvalue weighted by Gasteiger charge is 2.31.